The predicted octanol–water partition coefficient (Wildman–Crippen LogP) is 2.33. The van der Waals surface area contributed by atoms with E-state index in [1.807, 2.05) is 6.92 Å². The second-order valence-electron chi connectivity index (χ2n) is 5.49. The van der Waals surface area contributed by atoms with Crippen LogP contribution in [-0.2, 0) is 0 Å². The number of hydrogen-bond acceptors (Lipinski definition) is 3. The summed E-state index contributed by atoms with van der Waals surface area (Å²) in [6.45, 7) is 7.86. The Bertz CT molecular complexity index is 387. The standard InChI is InChI=1S/C14H22N2O/c1-10-5-6-14(17-10)11(2)16-7-3-4-12-8-15-9-13(12)16/h5-6,11-13,15H,3-4,7-9H2,1-2H3. The van der Waals surface area contributed by atoms with Gasteiger partial charge in [0.2, 0.25) is 0 Å². The lowest BCUT2D eigenvalue weighted by Crippen LogP contribution is -2.46. The van der Waals surface area contributed by atoms with Crippen molar-refractivity contribution in [3.63, 3.8) is 0 Å². The maximum absolute atomic E-state index is 5.78. The van der Waals surface area contributed by atoms with Crippen molar-refractivity contribution in [3.05, 3.63) is 23.7 Å². The van der Waals surface area contributed by atoms with Gasteiger partial charge in [0.05, 0.1) is 6.04 Å². The number of nitrogens with one attached hydrogen (secondary N) is 1. The molecule has 0 aliphatic carbocycles. The van der Waals surface area contributed by atoms with Gasteiger partial charge in [0.1, 0.15) is 11.5 Å². The van der Waals surface area contributed by atoms with E-state index < -0.39 is 0 Å². The van der Waals surface area contributed by atoms with Gasteiger partial charge in [-0.15, -0.1) is 0 Å². The van der Waals surface area contributed by atoms with Crippen LogP contribution in [0.5, 0.6) is 0 Å². The maximum Gasteiger partial charge on any atom is 0.121 e. The van der Waals surface area contributed by atoms with Crippen molar-refractivity contribution in [1.29, 1.82) is 0 Å². The van der Waals surface area contributed by atoms with Gasteiger partial charge in [0.25, 0.3) is 0 Å². The molecule has 94 valence electrons. The van der Waals surface area contributed by atoms with Gasteiger partial charge in [0, 0.05) is 12.6 Å². The van der Waals surface area contributed by atoms with Crippen molar-refractivity contribution in [1.82, 2.24) is 10.2 Å². The van der Waals surface area contributed by atoms with Crippen molar-refractivity contribution in [2.24, 2.45) is 5.92 Å². The average molecular weight is 234 g/mol. The smallest absolute Gasteiger partial charge is 0.121 e. The molecule has 1 N–H and O–H groups in total. The van der Waals surface area contributed by atoms with E-state index in [2.05, 4.69) is 29.3 Å². The largest absolute Gasteiger partial charge is 0.465 e. The molecule has 0 bridgehead atoms. The molecule has 2 aliphatic heterocycles. The van der Waals surface area contributed by atoms with Crippen molar-refractivity contribution in [2.45, 2.75) is 38.8 Å². The van der Waals surface area contributed by atoms with E-state index in [1.165, 1.54) is 25.9 Å². The third-order valence-electron chi connectivity index (χ3n) is 4.39. The van der Waals surface area contributed by atoms with E-state index >= 15 is 0 Å². The van der Waals surface area contributed by atoms with Gasteiger partial charge in [-0.05, 0) is 57.8 Å². The lowest BCUT2D eigenvalue weighted by molar-refractivity contribution is 0.0742. The number of furan rings is 1. The van der Waals surface area contributed by atoms with Crippen molar-refractivity contribution < 1.29 is 4.42 Å². The van der Waals surface area contributed by atoms with Crippen LogP contribution in [0.3, 0.4) is 0 Å². The molecule has 3 heteroatoms. The summed E-state index contributed by atoms with van der Waals surface area (Å²) >= 11 is 0. The Hall–Kier alpha value is -0.800. The van der Waals surface area contributed by atoms with Crippen molar-refractivity contribution >= 4 is 0 Å². The van der Waals surface area contributed by atoms with Crippen LogP contribution in [0.25, 0.3) is 0 Å². The summed E-state index contributed by atoms with van der Waals surface area (Å²) in [5.74, 6) is 2.99. The summed E-state index contributed by atoms with van der Waals surface area (Å²) in [6, 6.07) is 5.33. The molecule has 0 aromatic carbocycles. The number of nitrogens with zero attached hydrogens (tertiary/aromatic N) is 1. The zero-order chi connectivity index (χ0) is 11.8. The molecule has 1 aromatic heterocycles. The molecule has 0 radical (unpaired) electrons. The number of likely N-dealkylation sites (tertiary alicyclic amines) is 1. The first-order valence-electron chi connectivity index (χ1n) is 6.78. The van der Waals surface area contributed by atoms with Crippen molar-refractivity contribution in [3.8, 4) is 0 Å². The Kier molecular flexibility index (Phi) is 2.97. The molecule has 0 saturated carbocycles. The average Bonchev–Trinajstić information content (AvgIpc) is 2.95. The topological polar surface area (TPSA) is 28.4 Å². The number of piperidine rings is 1. The van der Waals surface area contributed by atoms with Crippen molar-refractivity contribution in [2.75, 3.05) is 19.6 Å². The van der Waals surface area contributed by atoms with E-state index in [1.54, 1.807) is 0 Å². The molecule has 0 amide bonds. The Labute approximate surface area is 103 Å². The second-order valence-corrected chi connectivity index (χ2v) is 5.49. The first kappa shape index (κ1) is 11.3. The van der Waals surface area contributed by atoms with Crippen LogP contribution in [-0.4, -0.2) is 30.6 Å². The summed E-state index contributed by atoms with van der Waals surface area (Å²) in [5, 5.41) is 3.53. The third kappa shape index (κ3) is 2.02. The van der Waals surface area contributed by atoms with Gasteiger partial charge in [0.15, 0.2) is 0 Å². The highest BCUT2D eigenvalue weighted by molar-refractivity contribution is 5.10. The maximum atomic E-state index is 5.78. The normalized spacial score (nSPS) is 31.4. The van der Waals surface area contributed by atoms with E-state index in [0.29, 0.717) is 12.1 Å². The highest BCUT2D eigenvalue weighted by atomic mass is 16.3. The predicted molar refractivity (Wildman–Crippen MR) is 67.9 cm³/mol. The number of fused-ring (bicyclic) bond motifs is 1. The van der Waals surface area contributed by atoms with E-state index in [4.69, 9.17) is 4.42 Å². The molecular weight excluding hydrogens is 212 g/mol. The molecule has 3 rings (SSSR count). The Morgan fingerprint density at radius 1 is 1.41 bits per heavy atom. The van der Waals surface area contributed by atoms with Crippen LogP contribution in [0, 0.1) is 12.8 Å². The fourth-order valence-electron chi connectivity index (χ4n) is 3.43. The lowest BCUT2D eigenvalue weighted by Gasteiger charge is -2.40. The highest BCUT2D eigenvalue weighted by Crippen LogP contribution is 2.33. The molecular formula is C14H22N2O. The number of aryl methyl sites for hydroxylation is 1. The summed E-state index contributed by atoms with van der Waals surface area (Å²) in [4.78, 5) is 2.63. The minimum absolute atomic E-state index is 0.413. The Morgan fingerprint density at radius 3 is 3.06 bits per heavy atom. The van der Waals surface area contributed by atoms with Gasteiger partial charge in [-0.1, -0.05) is 0 Å². The summed E-state index contributed by atoms with van der Waals surface area (Å²) in [7, 11) is 0. The molecule has 2 aliphatic rings. The first-order chi connectivity index (χ1) is 8.25. The molecule has 3 heterocycles. The van der Waals surface area contributed by atoms with Gasteiger partial charge >= 0.3 is 0 Å². The molecule has 3 atom stereocenters. The van der Waals surface area contributed by atoms with Crippen LogP contribution < -0.4 is 5.32 Å². The molecule has 2 fully saturated rings. The molecule has 0 spiro atoms. The molecule has 3 nitrogen and oxygen atoms in total. The van der Waals surface area contributed by atoms with E-state index in [9.17, 15) is 0 Å². The lowest BCUT2D eigenvalue weighted by atomic mass is 9.90. The SMILES string of the molecule is Cc1ccc(C(C)N2CCCC3CNCC32)o1. The van der Waals surface area contributed by atoms with Crippen LogP contribution >= 0.6 is 0 Å². The quantitative estimate of drug-likeness (QED) is 0.851. The van der Waals surface area contributed by atoms with Gasteiger partial charge in [-0.2, -0.15) is 0 Å². The summed E-state index contributed by atoms with van der Waals surface area (Å²) in [5.41, 5.74) is 0. The number of rotatable bonds is 2. The van der Waals surface area contributed by atoms with Gasteiger partial charge in [-0.25, -0.2) is 0 Å². The van der Waals surface area contributed by atoms with Gasteiger partial charge < -0.3 is 9.73 Å². The Morgan fingerprint density at radius 2 is 2.29 bits per heavy atom. The fraction of sp³-hybridized carbons (Fsp3) is 0.714. The first-order valence-corrected chi connectivity index (χ1v) is 6.78. The van der Waals surface area contributed by atoms with Crippen LogP contribution in [0.1, 0.15) is 37.3 Å². The van der Waals surface area contributed by atoms with Crippen LogP contribution in [0.2, 0.25) is 0 Å². The molecule has 1 aromatic rings. The van der Waals surface area contributed by atoms with Gasteiger partial charge in [-0.3, -0.25) is 4.90 Å². The van der Waals surface area contributed by atoms with E-state index in [-0.39, 0.29) is 0 Å². The van der Waals surface area contributed by atoms with Crippen LogP contribution in [0.4, 0.5) is 0 Å². The molecule has 2 saturated heterocycles. The minimum Gasteiger partial charge on any atom is -0.465 e. The molecule has 3 unspecified atom stereocenters. The minimum atomic E-state index is 0.413. The zero-order valence-corrected chi connectivity index (χ0v) is 10.8. The third-order valence-corrected chi connectivity index (χ3v) is 4.39. The highest BCUT2D eigenvalue weighted by Gasteiger charge is 2.37. The summed E-state index contributed by atoms with van der Waals surface area (Å²) < 4.78 is 5.78. The number of hydrogen-bond donors (Lipinski definition) is 1. The monoisotopic (exact) mass is 234 g/mol. The van der Waals surface area contributed by atoms with Crippen LogP contribution in [0.15, 0.2) is 16.5 Å². The van der Waals surface area contributed by atoms with E-state index in [0.717, 1.165) is 24.0 Å². The fourth-order valence-corrected chi connectivity index (χ4v) is 3.43. The zero-order valence-electron chi connectivity index (χ0n) is 10.8. The second kappa shape index (κ2) is 4.46. The molecule has 17 heavy (non-hydrogen) atoms. The Balaban J connectivity index is 1.78. The summed E-state index contributed by atoms with van der Waals surface area (Å²) in [6.07, 6.45) is 2.71.